The Morgan fingerprint density at radius 1 is 1.10 bits per heavy atom. The van der Waals surface area contributed by atoms with Crippen LogP contribution in [0.5, 0.6) is 0 Å². The SMILES string of the molecule is Cc1cccc(C)c1N.[Co]. The Morgan fingerprint density at radius 2 is 1.50 bits per heavy atom. The zero-order valence-electron chi connectivity index (χ0n) is 6.14. The maximum atomic E-state index is 5.68. The zero-order valence-corrected chi connectivity index (χ0v) is 7.18. The fourth-order valence-corrected chi connectivity index (χ4v) is 0.827. The summed E-state index contributed by atoms with van der Waals surface area (Å²) in [6.07, 6.45) is 0. The fraction of sp³-hybridized carbons (Fsp3) is 0.250. The molecule has 1 aromatic rings. The Hall–Kier alpha value is -0.474. The van der Waals surface area contributed by atoms with Crippen LogP contribution in [0.4, 0.5) is 5.69 Å². The fourth-order valence-electron chi connectivity index (χ4n) is 0.827. The first-order valence-corrected chi connectivity index (χ1v) is 3.03. The average molecular weight is 180 g/mol. The quantitative estimate of drug-likeness (QED) is 0.606. The van der Waals surface area contributed by atoms with Gasteiger partial charge < -0.3 is 5.73 Å². The van der Waals surface area contributed by atoms with Gasteiger partial charge in [0.1, 0.15) is 0 Å². The summed E-state index contributed by atoms with van der Waals surface area (Å²) < 4.78 is 0. The Morgan fingerprint density at radius 3 is 1.80 bits per heavy atom. The summed E-state index contributed by atoms with van der Waals surface area (Å²) in [7, 11) is 0. The molecule has 0 saturated carbocycles. The third-order valence-corrected chi connectivity index (χ3v) is 1.54. The molecule has 10 heavy (non-hydrogen) atoms. The van der Waals surface area contributed by atoms with E-state index in [0.717, 1.165) is 16.8 Å². The first-order chi connectivity index (χ1) is 4.22. The standard InChI is InChI=1S/C8H11N.Co/c1-6-4-3-5-7(2)8(6)9;/h3-5H,9H2,1-2H3;. The van der Waals surface area contributed by atoms with Crippen molar-refractivity contribution in [1.29, 1.82) is 0 Å². The predicted octanol–water partition coefficient (Wildman–Crippen LogP) is 1.88. The van der Waals surface area contributed by atoms with Crippen LogP contribution in [0.15, 0.2) is 18.2 Å². The van der Waals surface area contributed by atoms with Gasteiger partial charge in [-0.2, -0.15) is 0 Å². The van der Waals surface area contributed by atoms with Crippen LogP contribution in [-0.2, 0) is 16.8 Å². The summed E-state index contributed by atoms with van der Waals surface area (Å²) >= 11 is 0. The van der Waals surface area contributed by atoms with E-state index in [2.05, 4.69) is 0 Å². The van der Waals surface area contributed by atoms with Gasteiger partial charge in [0.25, 0.3) is 0 Å². The second kappa shape index (κ2) is 3.64. The summed E-state index contributed by atoms with van der Waals surface area (Å²) in [4.78, 5) is 0. The van der Waals surface area contributed by atoms with Gasteiger partial charge in [-0.05, 0) is 25.0 Å². The number of para-hydroxylation sites is 1. The molecule has 0 amide bonds. The van der Waals surface area contributed by atoms with Crippen LogP contribution in [0.25, 0.3) is 0 Å². The van der Waals surface area contributed by atoms with E-state index in [-0.39, 0.29) is 16.8 Å². The van der Waals surface area contributed by atoms with Crippen LogP contribution in [0.1, 0.15) is 11.1 Å². The van der Waals surface area contributed by atoms with E-state index < -0.39 is 0 Å². The van der Waals surface area contributed by atoms with Crippen LogP contribution in [0, 0.1) is 13.8 Å². The summed E-state index contributed by atoms with van der Waals surface area (Å²) in [6, 6.07) is 6.05. The first kappa shape index (κ1) is 9.53. The molecule has 0 aromatic heterocycles. The predicted molar refractivity (Wildman–Crippen MR) is 40.3 cm³/mol. The van der Waals surface area contributed by atoms with Crippen LogP contribution >= 0.6 is 0 Å². The largest absolute Gasteiger partial charge is 0.398 e. The third-order valence-electron chi connectivity index (χ3n) is 1.54. The van der Waals surface area contributed by atoms with Crippen LogP contribution in [-0.4, -0.2) is 0 Å². The van der Waals surface area contributed by atoms with Gasteiger partial charge in [0.05, 0.1) is 0 Å². The molecule has 1 aromatic carbocycles. The molecule has 0 spiro atoms. The molecule has 1 radical (unpaired) electrons. The molecule has 0 bridgehead atoms. The Bertz CT molecular complexity index is 200. The van der Waals surface area contributed by atoms with Crippen molar-refractivity contribution in [3.8, 4) is 0 Å². The summed E-state index contributed by atoms with van der Waals surface area (Å²) in [5.41, 5.74) is 8.92. The monoisotopic (exact) mass is 180 g/mol. The molecule has 2 N–H and O–H groups in total. The number of benzene rings is 1. The molecule has 0 saturated heterocycles. The number of rotatable bonds is 0. The molecule has 0 aliphatic carbocycles. The van der Waals surface area contributed by atoms with E-state index in [1.54, 1.807) is 0 Å². The van der Waals surface area contributed by atoms with Crippen molar-refractivity contribution in [3.05, 3.63) is 29.3 Å². The molecule has 2 heteroatoms. The smallest absolute Gasteiger partial charge is 0.0373 e. The van der Waals surface area contributed by atoms with Gasteiger partial charge >= 0.3 is 0 Å². The molecule has 0 fully saturated rings. The van der Waals surface area contributed by atoms with Gasteiger partial charge in [-0.25, -0.2) is 0 Å². The first-order valence-electron chi connectivity index (χ1n) is 3.03. The Labute approximate surface area is 71.8 Å². The second-order valence-corrected chi connectivity index (χ2v) is 2.31. The van der Waals surface area contributed by atoms with Crippen molar-refractivity contribution in [2.75, 3.05) is 5.73 Å². The van der Waals surface area contributed by atoms with Crippen molar-refractivity contribution < 1.29 is 16.8 Å². The molecule has 1 nitrogen and oxygen atoms in total. The number of anilines is 1. The van der Waals surface area contributed by atoms with E-state index >= 15 is 0 Å². The molecule has 57 valence electrons. The van der Waals surface area contributed by atoms with Gasteiger partial charge in [-0.1, -0.05) is 18.2 Å². The number of nitrogens with two attached hydrogens (primary N) is 1. The molecular weight excluding hydrogens is 169 g/mol. The minimum absolute atomic E-state index is 0. The minimum Gasteiger partial charge on any atom is -0.398 e. The number of aryl methyl sites for hydroxylation is 2. The zero-order chi connectivity index (χ0) is 6.85. The molecule has 1 rings (SSSR count). The van der Waals surface area contributed by atoms with E-state index in [4.69, 9.17) is 5.73 Å². The Kier molecular flexibility index (Phi) is 3.46. The van der Waals surface area contributed by atoms with Gasteiger partial charge in [0, 0.05) is 22.5 Å². The van der Waals surface area contributed by atoms with Gasteiger partial charge in [0.2, 0.25) is 0 Å². The van der Waals surface area contributed by atoms with Crippen LogP contribution in [0.3, 0.4) is 0 Å². The van der Waals surface area contributed by atoms with Crippen molar-refractivity contribution >= 4 is 5.69 Å². The van der Waals surface area contributed by atoms with E-state index in [0.29, 0.717) is 0 Å². The van der Waals surface area contributed by atoms with Crippen LogP contribution < -0.4 is 5.73 Å². The van der Waals surface area contributed by atoms with E-state index in [9.17, 15) is 0 Å². The molecule has 0 aliphatic heterocycles. The van der Waals surface area contributed by atoms with Crippen LogP contribution in [0.2, 0.25) is 0 Å². The maximum Gasteiger partial charge on any atom is 0.0373 e. The topological polar surface area (TPSA) is 26.0 Å². The summed E-state index contributed by atoms with van der Waals surface area (Å²) in [5, 5.41) is 0. The Balaban J connectivity index is 0.000000810. The number of hydrogen-bond acceptors (Lipinski definition) is 1. The molecular formula is C8H11CoN. The minimum atomic E-state index is 0. The van der Waals surface area contributed by atoms with Crippen molar-refractivity contribution in [2.45, 2.75) is 13.8 Å². The summed E-state index contributed by atoms with van der Waals surface area (Å²) in [5.74, 6) is 0. The van der Waals surface area contributed by atoms with Gasteiger partial charge in [-0.3, -0.25) is 0 Å². The van der Waals surface area contributed by atoms with E-state index in [1.165, 1.54) is 0 Å². The van der Waals surface area contributed by atoms with Crippen molar-refractivity contribution in [3.63, 3.8) is 0 Å². The average Bonchev–Trinajstić information content (AvgIpc) is 1.83. The second-order valence-electron chi connectivity index (χ2n) is 2.31. The van der Waals surface area contributed by atoms with E-state index in [1.807, 2.05) is 32.0 Å². The third kappa shape index (κ3) is 1.75. The summed E-state index contributed by atoms with van der Waals surface area (Å²) in [6.45, 7) is 4.03. The van der Waals surface area contributed by atoms with Crippen molar-refractivity contribution in [2.24, 2.45) is 0 Å². The maximum absolute atomic E-state index is 5.68. The normalized spacial score (nSPS) is 8.60. The molecule has 0 unspecified atom stereocenters. The van der Waals surface area contributed by atoms with Gasteiger partial charge in [0.15, 0.2) is 0 Å². The molecule has 0 aliphatic rings. The molecule has 0 heterocycles. The van der Waals surface area contributed by atoms with Gasteiger partial charge in [-0.15, -0.1) is 0 Å². The van der Waals surface area contributed by atoms with Crippen molar-refractivity contribution in [1.82, 2.24) is 0 Å². The molecule has 0 atom stereocenters. The number of hydrogen-bond donors (Lipinski definition) is 1. The number of nitrogen functional groups attached to an aromatic ring is 1.